The highest BCUT2D eigenvalue weighted by molar-refractivity contribution is 5.87. The van der Waals surface area contributed by atoms with E-state index in [0.717, 1.165) is 13.0 Å². The van der Waals surface area contributed by atoms with E-state index in [1.165, 1.54) is 57.8 Å². The van der Waals surface area contributed by atoms with Crippen molar-refractivity contribution in [2.45, 2.75) is 85.0 Å². The van der Waals surface area contributed by atoms with Gasteiger partial charge in [-0.3, -0.25) is 4.79 Å². The second-order valence-corrected chi connectivity index (χ2v) is 6.16. The third-order valence-corrected chi connectivity index (χ3v) is 3.43. The minimum absolute atomic E-state index is 0.0506. The van der Waals surface area contributed by atoms with Gasteiger partial charge in [0.15, 0.2) is 0 Å². The number of hydrogen-bond donors (Lipinski definition) is 1. The minimum Gasteiger partial charge on any atom is -0.352 e. The molecule has 0 unspecified atom stereocenters. The fraction of sp³-hybridized carbons (Fsp3) is 0.833. The zero-order chi connectivity index (χ0) is 15.1. The van der Waals surface area contributed by atoms with E-state index in [-0.39, 0.29) is 5.91 Å². The lowest BCUT2D eigenvalue weighted by atomic mass is 10.1. The Kier molecular flexibility index (Phi) is 14.0. The molecule has 0 heterocycles. The summed E-state index contributed by atoms with van der Waals surface area (Å²) >= 11 is 0. The highest BCUT2D eigenvalue weighted by Crippen LogP contribution is 2.10. The maximum Gasteiger partial charge on any atom is 0.243 e. The first-order chi connectivity index (χ1) is 9.66. The Morgan fingerprint density at radius 3 is 2.05 bits per heavy atom. The van der Waals surface area contributed by atoms with E-state index in [2.05, 4.69) is 26.1 Å². The van der Waals surface area contributed by atoms with Crippen molar-refractivity contribution in [2.75, 3.05) is 6.54 Å². The molecule has 0 aliphatic carbocycles. The molecule has 0 radical (unpaired) electrons. The van der Waals surface area contributed by atoms with Gasteiger partial charge in [0.05, 0.1) is 0 Å². The molecule has 1 N–H and O–H groups in total. The van der Waals surface area contributed by atoms with Crippen molar-refractivity contribution in [2.24, 2.45) is 5.92 Å². The van der Waals surface area contributed by atoms with Crippen molar-refractivity contribution < 1.29 is 4.79 Å². The largest absolute Gasteiger partial charge is 0.352 e. The molecule has 0 aromatic rings. The molecule has 0 aliphatic heterocycles. The third kappa shape index (κ3) is 15.3. The Labute approximate surface area is 126 Å². The number of allylic oxidation sites excluding steroid dienone is 1. The van der Waals surface area contributed by atoms with Gasteiger partial charge in [0.1, 0.15) is 0 Å². The van der Waals surface area contributed by atoms with E-state index >= 15 is 0 Å². The van der Waals surface area contributed by atoms with Gasteiger partial charge in [-0.05, 0) is 24.8 Å². The molecule has 1 amide bonds. The van der Waals surface area contributed by atoms with Crippen LogP contribution in [-0.2, 0) is 4.79 Å². The zero-order valence-corrected chi connectivity index (χ0v) is 13.9. The lowest BCUT2D eigenvalue weighted by Gasteiger charge is -2.04. The zero-order valence-electron chi connectivity index (χ0n) is 13.9. The van der Waals surface area contributed by atoms with Crippen molar-refractivity contribution in [1.82, 2.24) is 5.32 Å². The summed E-state index contributed by atoms with van der Waals surface area (Å²) in [5.74, 6) is 0.569. The summed E-state index contributed by atoms with van der Waals surface area (Å²) in [6, 6.07) is 0. The van der Waals surface area contributed by atoms with Crippen LogP contribution in [0.5, 0.6) is 0 Å². The first-order valence-corrected chi connectivity index (χ1v) is 8.61. The van der Waals surface area contributed by atoms with Crippen LogP contribution in [0, 0.1) is 5.92 Å². The van der Waals surface area contributed by atoms with Crippen LogP contribution in [0.4, 0.5) is 0 Å². The van der Waals surface area contributed by atoms with Crippen molar-refractivity contribution in [3.05, 3.63) is 12.2 Å². The Morgan fingerprint density at radius 1 is 0.950 bits per heavy atom. The maximum absolute atomic E-state index is 11.4. The number of hydrogen-bond acceptors (Lipinski definition) is 1. The number of amides is 1. The maximum atomic E-state index is 11.4. The van der Waals surface area contributed by atoms with E-state index in [9.17, 15) is 4.79 Å². The Morgan fingerprint density at radius 2 is 1.50 bits per heavy atom. The lowest BCUT2D eigenvalue weighted by Crippen LogP contribution is -2.25. The van der Waals surface area contributed by atoms with Crippen LogP contribution in [0.2, 0.25) is 0 Å². The molecule has 0 saturated carbocycles. The molecule has 2 heteroatoms. The number of unbranched alkanes of at least 4 members (excludes halogenated alkanes) is 9. The Balaban J connectivity index is 3.24. The SMILES string of the molecule is CCCCCCCCCCCC=CC(=O)NCC(C)C. The normalized spacial score (nSPS) is 11.4. The average molecular weight is 281 g/mol. The van der Waals surface area contributed by atoms with Crippen LogP contribution in [0.1, 0.15) is 85.0 Å². The van der Waals surface area contributed by atoms with Gasteiger partial charge < -0.3 is 5.32 Å². The predicted octanol–water partition coefficient (Wildman–Crippen LogP) is 5.24. The molecule has 0 rings (SSSR count). The van der Waals surface area contributed by atoms with Gasteiger partial charge in [-0.25, -0.2) is 0 Å². The van der Waals surface area contributed by atoms with Crippen molar-refractivity contribution in [1.29, 1.82) is 0 Å². The van der Waals surface area contributed by atoms with E-state index < -0.39 is 0 Å². The molecule has 118 valence electrons. The van der Waals surface area contributed by atoms with Crippen molar-refractivity contribution in [3.8, 4) is 0 Å². The van der Waals surface area contributed by atoms with Crippen LogP contribution in [0.25, 0.3) is 0 Å². The topological polar surface area (TPSA) is 29.1 Å². The highest BCUT2D eigenvalue weighted by atomic mass is 16.1. The highest BCUT2D eigenvalue weighted by Gasteiger charge is 1.96. The summed E-state index contributed by atoms with van der Waals surface area (Å²) in [5.41, 5.74) is 0. The summed E-state index contributed by atoms with van der Waals surface area (Å²) in [7, 11) is 0. The average Bonchev–Trinajstić information content (AvgIpc) is 2.42. The van der Waals surface area contributed by atoms with Gasteiger partial charge >= 0.3 is 0 Å². The summed E-state index contributed by atoms with van der Waals surface area (Å²) in [5, 5.41) is 2.89. The standard InChI is InChI=1S/C18H35NO/c1-4-5-6-7-8-9-10-11-12-13-14-15-18(20)19-16-17(2)3/h14-15,17H,4-13,16H2,1-3H3,(H,19,20). The van der Waals surface area contributed by atoms with E-state index in [0.29, 0.717) is 5.92 Å². The first kappa shape index (κ1) is 19.2. The molecule has 20 heavy (non-hydrogen) atoms. The van der Waals surface area contributed by atoms with Gasteiger partial charge in [0.2, 0.25) is 5.91 Å². The summed E-state index contributed by atoms with van der Waals surface area (Å²) in [4.78, 5) is 11.4. The third-order valence-electron chi connectivity index (χ3n) is 3.43. The molecule has 0 saturated heterocycles. The molecule has 0 aliphatic rings. The number of nitrogens with one attached hydrogen (secondary N) is 1. The predicted molar refractivity (Wildman–Crippen MR) is 88.8 cm³/mol. The van der Waals surface area contributed by atoms with Crippen LogP contribution in [0.3, 0.4) is 0 Å². The Bertz CT molecular complexity index is 246. The first-order valence-electron chi connectivity index (χ1n) is 8.61. The molecular weight excluding hydrogens is 246 g/mol. The van der Waals surface area contributed by atoms with Gasteiger partial charge in [0.25, 0.3) is 0 Å². The smallest absolute Gasteiger partial charge is 0.243 e. The second kappa shape index (κ2) is 14.6. The fourth-order valence-corrected chi connectivity index (χ4v) is 2.13. The van der Waals surface area contributed by atoms with Crippen LogP contribution >= 0.6 is 0 Å². The molecule has 0 bridgehead atoms. The number of carbonyl (C=O) groups excluding carboxylic acids is 1. The molecule has 0 atom stereocenters. The van der Waals surface area contributed by atoms with E-state index in [1.54, 1.807) is 6.08 Å². The van der Waals surface area contributed by atoms with E-state index in [1.807, 2.05) is 6.08 Å². The monoisotopic (exact) mass is 281 g/mol. The van der Waals surface area contributed by atoms with Gasteiger partial charge in [-0.2, -0.15) is 0 Å². The van der Waals surface area contributed by atoms with E-state index in [4.69, 9.17) is 0 Å². The Hall–Kier alpha value is -0.790. The van der Waals surface area contributed by atoms with Gasteiger partial charge in [0, 0.05) is 6.54 Å². The molecule has 0 aromatic heterocycles. The minimum atomic E-state index is 0.0506. The summed E-state index contributed by atoms with van der Waals surface area (Å²) in [6.07, 6.45) is 16.9. The lowest BCUT2D eigenvalue weighted by molar-refractivity contribution is -0.116. The molecule has 0 aromatic carbocycles. The summed E-state index contributed by atoms with van der Waals surface area (Å²) in [6.45, 7) is 7.23. The van der Waals surface area contributed by atoms with Crippen LogP contribution < -0.4 is 5.32 Å². The number of rotatable bonds is 13. The van der Waals surface area contributed by atoms with Crippen LogP contribution in [-0.4, -0.2) is 12.5 Å². The number of carbonyl (C=O) groups is 1. The van der Waals surface area contributed by atoms with Crippen molar-refractivity contribution in [3.63, 3.8) is 0 Å². The molecule has 2 nitrogen and oxygen atoms in total. The van der Waals surface area contributed by atoms with Crippen molar-refractivity contribution >= 4 is 5.91 Å². The molecule has 0 spiro atoms. The quantitative estimate of drug-likeness (QED) is 0.363. The summed E-state index contributed by atoms with van der Waals surface area (Å²) < 4.78 is 0. The molecular formula is C18H35NO. The fourth-order valence-electron chi connectivity index (χ4n) is 2.13. The van der Waals surface area contributed by atoms with Gasteiger partial charge in [-0.1, -0.05) is 78.2 Å². The van der Waals surface area contributed by atoms with Gasteiger partial charge in [-0.15, -0.1) is 0 Å². The second-order valence-electron chi connectivity index (χ2n) is 6.16. The van der Waals surface area contributed by atoms with Crippen LogP contribution in [0.15, 0.2) is 12.2 Å². The molecule has 0 fully saturated rings.